The molecule has 4 fully saturated rings. The van der Waals surface area contributed by atoms with Crippen molar-refractivity contribution in [2.24, 2.45) is 23.2 Å². The van der Waals surface area contributed by atoms with E-state index in [4.69, 9.17) is 0 Å². The summed E-state index contributed by atoms with van der Waals surface area (Å²) in [5.74, 6) is 2.12. The van der Waals surface area contributed by atoms with Crippen molar-refractivity contribution in [3.05, 3.63) is 30.2 Å². The molecule has 0 aromatic carbocycles. The average molecular weight is 367 g/mol. The molecule has 0 saturated heterocycles. The standard InChI is InChI=1S/C20H25N5O2/c1-12(20-8-13-5-14(9-20)7-15(6-13)10-20)23-17(26)16-11-21-19(24-18(16)27)25-4-2-3-22-25/h2-4,11-15H,5-10H2,1H3,(H,23,26)(H,21,24,27)/t12-,13?,14?,15?,20?/m1/s1. The van der Waals surface area contributed by atoms with E-state index in [0.29, 0.717) is 0 Å². The maximum Gasteiger partial charge on any atom is 0.258 e. The van der Waals surface area contributed by atoms with Gasteiger partial charge >= 0.3 is 0 Å². The number of hydrogen-bond acceptors (Lipinski definition) is 5. The molecule has 1 atom stereocenters. The van der Waals surface area contributed by atoms with Crippen LogP contribution in [-0.2, 0) is 0 Å². The van der Waals surface area contributed by atoms with Crippen LogP contribution in [0.2, 0.25) is 0 Å². The van der Waals surface area contributed by atoms with Gasteiger partial charge in [0.25, 0.3) is 11.9 Å². The van der Waals surface area contributed by atoms with Crippen molar-refractivity contribution in [1.29, 1.82) is 0 Å². The maximum atomic E-state index is 12.8. The lowest BCUT2D eigenvalue weighted by molar-refractivity contribution is -0.0688. The van der Waals surface area contributed by atoms with E-state index < -0.39 is 0 Å². The van der Waals surface area contributed by atoms with Crippen molar-refractivity contribution in [2.45, 2.75) is 51.5 Å². The summed E-state index contributed by atoms with van der Waals surface area (Å²) in [6, 6.07) is 1.83. The van der Waals surface area contributed by atoms with Crippen LogP contribution < -0.4 is 5.32 Å². The van der Waals surface area contributed by atoms with Gasteiger partial charge in [-0.15, -0.1) is 0 Å². The second kappa shape index (κ2) is 6.04. The number of amides is 1. The fourth-order valence-corrected chi connectivity index (χ4v) is 6.16. The first-order valence-electron chi connectivity index (χ1n) is 9.89. The zero-order valence-electron chi connectivity index (χ0n) is 15.5. The van der Waals surface area contributed by atoms with E-state index in [1.54, 1.807) is 18.5 Å². The molecule has 2 aromatic rings. The van der Waals surface area contributed by atoms with Gasteiger partial charge in [0.2, 0.25) is 5.88 Å². The number of nitrogens with zero attached hydrogens (tertiary/aromatic N) is 4. The zero-order valence-corrected chi connectivity index (χ0v) is 15.5. The monoisotopic (exact) mass is 367 g/mol. The van der Waals surface area contributed by atoms with Crippen LogP contribution in [0.25, 0.3) is 5.95 Å². The Bertz CT molecular complexity index is 828. The van der Waals surface area contributed by atoms with E-state index in [0.717, 1.165) is 17.8 Å². The lowest BCUT2D eigenvalue weighted by Crippen LogP contribution is -2.55. The predicted molar refractivity (Wildman–Crippen MR) is 98.4 cm³/mol. The molecule has 0 aliphatic heterocycles. The highest BCUT2D eigenvalue weighted by Crippen LogP contribution is 2.61. The largest absolute Gasteiger partial charge is 0.493 e. The summed E-state index contributed by atoms with van der Waals surface area (Å²) in [6.45, 7) is 2.13. The maximum absolute atomic E-state index is 12.8. The molecule has 4 aliphatic rings. The SMILES string of the molecule is C[C@@H](NC(=O)c1cnc(-n2cccn2)nc1O)C12CC3CC(CC(C3)C1)C2. The Labute approximate surface area is 158 Å². The Kier molecular flexibility index (Phi) is 3.74. The number of rotatable bonds is 4. The molecule has 0 unspecified atom stereocenters. The average Bonchev–Trinajstić information content (AvgIpc) is 3.15. The molecule has 2 N–H and O–H groups in total. The molecule has 1 amide bonds. The lowest BCUT2D eigenvalue weighted by Gasteiger charge is -2.59. The number of hydrogen-bond donors (Lipinski definition) is 2. The quantitative estimate of drug-likeness (QED) is 0.867. The van der Waals surface area contributed by atoms with E-state index in [9.17, 15) is 9.90 Å². The number of carbonyl (C=O) groups is 1. The van der Waals surface area contributed by atoms with E-state index in [-0.39, 0.29) is 34.8 Å². The first kappa shape index (κ1) is 16.7. The molecule has 7 nitrogen and oxygen atoms in total. The summed E-state index contributed by atoms with van der Waals surface area (Å²) < 4.78 is 1.44. The molecule has 4 saturated carbocycles. The number of nitrogens with one attached hydrogen (secondary N) is 1. The highest BCUT2D eigenvalue weighted by atomic mass is 16.3. The molecular weight excluding hydrogens is 342 g/mol. The number of aromatic nitrogens is 4. The first-order chi connectivity index (χ1) is 13.0. The molecular formula is C20H25N5O2. The molecule has 2 aromatic heterocycles. The molecule has 6 rings (SSSR count). The van der Waals surface area contributed by atoms with Gasteiger partial charge in [0.1, 0.15) is 5.56 Å². The predicted octanol–water partition coefficient (Wildman–Crippen LogP) is 2.70. The minimum Gasteiger partial charge on any atom is -0.493 e. The van der Waals surface area contributed by atoms with Gasteiger partial charge in [0.15, 0.2) is 0 Å². The molecule has 0 radical (unpaired) electrons. The second-order valence-electron chi connectivity index (χ2n) is 8.83. The van der Waals surface area contributed by atoms with Gasteiger partial charge in [0, 0.05) is 24.6 Å². The van der Waals surface area contributed by atoms with Crippen LogP contribution in [0.15, 0.2) is 24.7 Å². The lowest BCUT2D eigenvalue weighted by atomic mass is 9.48. The summed E-state index contributed by atoms with van der Waals surface area (Å²) in [7, 11) is 0. The van der Waals surface area contributed by atoms with Crippen molar-refractivity contribution >= 4 is 5.91 Å². The van der Waals surface area contributed by atoms with Crippen LogP contribution >= 0.6 is 0 Å². The van der Waals surface area contributed by atoms with E-state index in [1.807, 2.05) is 0 Å². The minimum absolute atomic E-state index is 0.0867. The van der Waals surface area contributed by atoms with E-state index in [1.165, 1.54) is 49.4 Å². The van der Waals surface area contributed by atoms with Crippen molar-refractivity contribution in [2.75, 3.05) is 0 Å². The van der Waals surface area contributed by atoms with Gasteiger partial charge < -0.3 is 10.4 Å². The van der Waals surface area contributed by atoms with Crippen LogP contribution in [0.1, 0.15) is 55.8 Å². The Morgan fingerprint density at radius 3 is 2.48 bits per heavy atom. The van der Waals surface area contributed by atoms with E-state index in [2.05, 4.69) is 27.3 Å². The number of aromatic hydroxyl groups is 1. The topological polar surface area (TPSA) is 92.9 Å². The van der Waals surface area contributed by atoms with E-state index >= 15 is 0 Å². The molecule has 27 heavy (non-hydrogen) atoms. The molecule has 0 spiro atoms. The smallest absolute Gasteiger partial charge is 0.258 e. The molecule has 7 heteroatoms. The zero-order chi connectivity index (χ0) is 18.6. The highest BCUT2D eigenvalue weighted by Gasteiger charge is 2.53. The third-order valence-corrected chi connectivity index (χ3v) is 7.06. The van der Waals surface area contributed by atoms with Crippen molar-refractivity contribution in [1.82, 2.24) is 25.1 Å². The number of carbonyl (C=O) groups excluding carboxylic acids is 1. The van der Waals surface area contributed by atoms with Crippen molar-refractivity contribution in [3.63, 3.8) is 0 Å². The summed E-state index contributed by atoms with van der Waals surface area (Å²) in [5.41, 5.74) is 0.332. The summed E-state index contributed by atoms with van der Waals surface area (Å²) in [4.78, 5) is 21.0. The van der Waals surface area contributed by atoms with Gasteiger partial charge in [-0.2, -0.15) is 10.1 Å². The normalized spacial score (nSPS) is 32.4. The van der Waals surface area contributed by atoms with Crippen molar-refractivity contribution < 1.29 is 9.90 Å². The van der Waals surface area contributed by atoms with Gasteiger partial charge in [-0.3, -0.25) is 4.79 Å². The first-order valence-corrected chi connectivity index (χ1v) is 9.89. The highest BCUT2D eigenvalue weighted by molar-refractivity contribution is 5.96. The third-order valence-electron chi connectivity index (χ3n) is 7.06. The fourth-order valence-electron chi connectivity index (χ4n) is 6.16. The summed E-state index contributed by atoms with van der Waals surface area (Å²) in [6.07, 6.45) is 12.5. The molecule has 142 valence electrons. The van der Waals surface area contributed by atoms with Gasteiger partial charge in [-0.05, 0) is 74.7 Å². The Morgan fingerprint density at radius 2 is 1.93 bits per heavy atom. The van der Waals surface area contributed by atoms with Crippen LogP contribution in [0.5, 0.6) is 5.88 Å². The molecule has 2 heterocycles. The third kappa shape index (κ3) is 2.80. The van der Waals surface area contributed by atoms with Gasteiger partial charge in [0.05, 0.1) is 0 Å². The fraction of sp³-hybridized carbons (Fsp3) is 0.600. The van der Waals surface area contributed by atoms with Crippen LogP contribution in [-0.4, -0.2) is 36.8 Å². The Balaban J connectivity index is 1.33. The van der Waals surface area contributed by atoms with Gasteiger partial charge in [-0.25, -0.2) is 9.67 Å². The minimum atomic E-state index is -0.314. The Hall–Kier alpha value is -2.44. The van der Waals surface area contributed by atoms with Crippen LogP contribution in [0.3, 0.4) is 0 Å². The van der Waals surface area contributed by atoms with Crippen LogP contribution in [0, 0.1) is 23.2 Å². The molecule has 4 bridgehead atoms. The molecule has 4 aliphatic carbocycles. The van der Waals surface area contributed by atoms with Crippen molar-refractivity contribution in [3.8, 4) is 11.8 Å². The second-order valence-corrected chi connectivity index (χ2v) is 8.83. The summed E-state index contributed by atoms with van der Waals surface area (Å²) >= 11 is 0. The van der Waals surface area contributed by atoms with Crippen LogP contribution in [0.4, 0.5) is 0 Å². The Morgan fingerprint density at radius 1 is 1.26 bits per heavy atom. The summed E-state index contributed by atoms with van der Waals surface area (Å²) in [5, 5.41) is 17.4. The van der Waals surface area contributed by atoms with Gasteiger partial charge in [-0.1, -0.05) is 0 Å².